The summed E-state index contributed by atoms with van der Waals surface area (Å²) in [6.07, 6.45) is 1.61. The summed E-state index contributed by atoms with van der Waals surface area (Å²) in [7, 11) is 1.49. The highest BCUT2D eigenvalue weighted by Crippen LogP contribution is 2.43. The molecule has 0 saturated carbocycles. The van der Waals surface area contributed by atoms with Gasteiger partial charge < -0.3 is 13.9 Å². The summed E-state index contributed by atoms with van der Waals surface area (Å²) in [6.45, 7) is 3.94. The van der Waals surface area contributed by atoms with Gasteiger partial charge in [0.25, 0.3) is 5.91 Å². The average molecular weight is 492 g/mol. The first-order valence-corrected chi connectivity index (χ1v) is 11.1. The molecular weight excluding hydrogens is 473 g/mol. The number of amides is 1. The molecule has 1 aromatic heterocycles. The molecule has 4 aromatic rings. The molecule has 5 rings (SSSR count). The molecular formula is C27H19ClFNO5. The zero-order valence-electron chi connectivity index (χ0n) is 18.6. The number of hydrogen-bond donors (Lipinski definition) is 0. The van der Waals surface area contributed by atoms with E-state index in [1.807, 2.05) is 0 Å². The minimum atomic E-state index is -0.863. The van der Waals surface area contributed by atoms with Crippen molar-refractivity contribution in [2.75, 3.05) is 18.6 Å². The fourth-order valence-electron chi connectivity index (χ4n) is 4.26. The summed E-state index contributed by atoms with van der Waals surface area (Å²) in [5.41, 5.74) is 0.789. The molecule has 35 heavy (non-hydrogen) atoms. The Labute approximate surface area is 204 Å². The highest BCUT2D eigenvalue weighted by atomic mass is 35.5. The molecule has 8 heteroatoms. The maximum absolute atomic E-state index is 14.0. The number of halogens is 2. The molecule has 2 heterocycles. The Morgan fingerprint density at radius 2 is 1.97 bits per heavy atom. The standard InChI is InChI=1S/C27H19ClFNO5/c1-3-11-34-18-6-4-5-15(12-18)24-23-25(31)19-13-16(29)7-9-21(19)35-26(23)27(32)30(24)17-8-10-22(33-2)20(28)14-17/h3-10,12-14,24H,1,11H2,2H3. The predicted molar refractivity (Wildman–Crippen MR) is 131 cm³/mol. The minimum absolute atomic E-state index is 0.0511. The Morgan fingerprint density at radius 1 is 1.14 bits per heavy atom. The molecule has 0 radical (unpaired) electrons. The third kappa shape index (κ3) is 3.84. The van der Waals surface area contributed by atoms with E-state index in [9.17, 15) is 14.0 Å². The predicted octanol–water partition coefficient (Wildman–Crippen LogP) is 5.91. The molecule has 0 fully saturated rings. The van der Waals surface area contributed by atoms with Gasteiger partial charge in [-0.3, -0.25) is 14.5 Å². The lowest BCUT2D eigenvalue weighted by atomic mass is 9.98. The smallest absolute Gasteiger partial charge is 0.295 e. The van der Waals surface area contributed by atoms with Gasteiger partial charge in [-0.2, -0.15) is 0 Å². The van der Waals surface area contributed by atoms with Crippen LogP contribution in [-0.4, -0.2) is 19.6 Å². The van der Waals surface area contributed by atoms with Crippen LogP contribution in [0.25, 0.3) is 11.0 Å². The van der Waals surface area contributed by atoms with Crippen LogP contribution in [0.15, 0.2) is 82.5 Å². The van der Waals surface area contributed by atoms with E-state index < -0.39 is 23.2 Å². The normalized spacial score (nSPS) is 14.8. The van der Waals surface area contributed by atoms with Crippen molar-refractivity contribution in [1.29, 1.82) is 0 Å². The Kier molecular flexibility index (Phi) is 5.78. The summed E-state index contributed by atoms with van der Waals surface area (Å²) in [4.78, 5) is 28.7. The van der Waals surface area contributed by atoms with Crippen LogP contribution in [-0.2, 0) is 0 Å². The Bertz CT molecular complexity index is 1550. The maximum Gasteiger partial charge on any atom is 0.295 e. The SMILES string of the molecule is C=CCOc1cccc(C2c3c(oc4ccc(F)cc4c3=O)C(=O)N2c2ccc(OC)c(Cl)c2)c1. The molecule has 0 spiro atoms. The molecule has 0 N–H and O–H groups in total. The quantitative estimate of drug-likeness (QED) is 0.314. The van der Waals surface area contributed by atoms with Gasteiger partial charge in [0.15, 0.2) is 5.43 Å². The second-order valence-electron chi connectivity index (χ2n) is 7.88. The van der Waals surface area contributed by atoms with E-state index in [0.717, 1.165) is 6.07 Å². The molecule has 1 aliphatic rings. The van der Waals surface area contributed by atoms with Gasteiger partial charge in [-0.15, -0.1) is 0 Å². The average Bonchev–Trinajstić information content (AvgIpc) is 3.16. The van der Waals surface area contributed by atoms with Gasteiger partial charge in [0.1, 0.15) is 29.5 Å². The zero-order valence-corrected chi connectivity index (χ0v) is 19.3. The lowest BCUT2D eigenvalue weighted by molar-refractivity contribution is 0.0971. The molecule has 1 unspecified atom stereocenters. The fraction of sp³-hybridized carbons (Fsp3) is 0.111. The largest absolute Gasteiger partial charge is 0.495 e. The lowest BCUT2D eigenvalue weighted by Gasteiger charge is -2.26. The first-order valence-electron chi connectivity index (χ1n) is 10.7. The van der Waals surface area contributed by atoms with Crippen LogP contribution in [0.2, 0.25) is 5.02 Å². The van der Waals surface area contributed by atoms with Crippen LogP contribution >= 0.6 is 11.6 Å². The van der Waals surface area contributed by atoms with E-state index in [-0.39, 0.29) is 28.9 Å². The Balaban J connectivity index is 1.76. The third-order valence-electron chi connectivity index (χ3n) is 5.79. The number of nitrogens with zero attached hydrogens (tertiary/aromatic N) is 1. The highest BCUT2D eigenvalue weighted by Gasteiger charge is 2.44. The van der Waals surface area contributed by atoms with Gasteiger partial charge >= 0.3 is 0 Å². The minimum Gasteiger partial charge on any atom is -0.495 e. The van der Waals surface area contributed by atoms with Crippen molar-refractivity contribution in [1.82, 2.24) is 0 Å². The van der Waals surface area contributed by atoms with Crippen LogP contribution in [0.5, 0.6) is 11.5 Å². The fourth-order valence-corrected chi connectivity index (χ4v) is 4.51. The van der Waals surface area contributed by atoms with E-state index in [1.54, 1.807) is 48.5 Å². The van der Waals surface area contributed by atoms with E-state index in [4.69, 9.17) is 25.5 Å². The molecule has 176 valence electrons. The van der Waals surface area contributed by atoms with E-state index in [1.165, 1.54) is 24.1 Å². The van der Waals surface area contributed by atoms with Crippen LogP contribution in [0.1, 0.15) is 27.7 Å². The van der Waals surface area contributed by atoms with Crippen molar-refractivity contribution >= 4 is 34.2 Å². The van der Waals surface area contributed by atoms with Gasteiger partial charge in [0.05, 0.1) is 29.1 Å². The van der Waals surface area contributed by atoms with Crippen LogP contribution in [0.3, 0.4) is 0 Å². The van der Waals surface area contributed by atoms with Crippen LogP contribution in [0, 0.1) is 5.82 Å². The number of fused-ring (bicyclic) bond motifs is 2. The number of anilines is 1. The van der Waals surface area contributed by atoms with Crippen LogP contribution in [0.4, 0.5) is 10.1 Å². The second kappa shape index (κ2) is 8.92. The van der Waals surface area contributed by atoms with E-state index >= 15 is 0 Å². The molecule has 3 aromatic carbocycles. The van der Waals surface area contributed by atoms with Crippen molar-refractivity contribution in [3.8, 4) is 11.5 Å². The van der Waals surface area contributed by atoms with Crippen molar-refractivity contribution < 1.29 is 23.1 Å². The number of carbonyl (C=O) groups is 1. The molecule has 6 nitrogen and oxygen atoms in total. The number of carbonyl (C=O) groups excluding carboxylic acids is 1. The van der Waals surface area contributed by atoms with Crippen molar-refractivity contribution in [3.05, 3.63) is 111 Å². The number of rotatable bonds is 6. The first kappa shape index (κ1) is 22.7. The maximum atomic E-state index is 14.0. The van der Waals surface area contributed by atoms with E-state index in [2.05, 4.69) is 6.58 Å². The summed E-state index contributed by atoms with van der Waals surface area (Å²) in [5, 5.41) is 0.345. The lowest BCUT2D eigenvalue weighted by Crippen LogP contribution is -2.29. The number of methoxy groups -OCH3 is 1. The molecule has 1 atom stereocenters. The molecule has 0 saturated heterocycles. The molecule has 1 amide bonds. The monoisotopic (exact) mass is 491 g/mol. The number of hydrogen-bond acceptors (Lipinski definition) is 5. The number of benzene rings is 3. The van der Waals surface area contributed by atoms with Crippen molar-refractivity contribution in [2.24, 2.45) is 0 Å². The molecule has 1 aliphatic heterocycles. The Hall–Kier alpha value is -4.10. The van der Waals surface area contributed by atoms with Crippen LogP contribution < -0.4 is 19.8 Å². The van der Waals surface area contributed by atoms with Gasteiger partial charge in [-0.05, 0) is 54.1 Å². The summed E-state index contributed by atoms with van der Waals surface area (Å²) >= 11 is 6.36. The first-order chi connectivity index (χ1) is 16.9. The van der Waals surface area contributed by atoms with Gasteiger partial charge in [0, 0.05) is 5.69 Å². The van der Waals surface area contributed by atoms with Gasteiger partial charge in [0.2, 0.25) is 5.76 Å². The molecule has 0 bridgehead atoms. The second-order valence-corrected chi connectivity index (χ2v) is 8.29. The van der Waals surface area contributed by atoms with Crippen molar-refractivity contribution in [2.45, 2.75) is 6.04 Å². The highest BCUT2D eigenvalue weighted by molar-refractivity contribution is 6.32. The number of ether oxygens (including phenoxy) is 2. The van der Waals surface area contributed by atoms with E-state index in [0.29, 0.717) is 27.8 Å². The molecule has 0 aliphatic carbocycles. The Morgan fingerprint density at radius 3 is 2.71 bits per heavy atom. The summed E-state index contributed by atoms with van der Waals surface area (Å²) < 4.78 is 30.8. The van der Waals surface area contributed by atoms with Crippen molar-refractivity contribution in [3.63, 3.8) is 0 Å². The third-order valence-corrected chi connectivity index (χ3v) is 6.08. The summed E-state index contributed by atoms with van der Waals surface area (Å²) in [5.74, 6) is -0.238. The van der Waals surface area contributed by atoms with Gasteiger partial charge in [-0.25, -0.2) is 4.39 Å². The summed E-state index contributed by atoms with van der Waals surface area (Å²) in [6, 6.07) is 14.7. The topological polar surface area (TPSA) is 69.0 Å². The zero-order chi connectivity index (χ0) is 24.7. The van der Waals surface area contributed by atoms with Gasteiger partial charge in [-0.1, -0.05) is 36.4 Å².